The minimum absolute atomic E-state index is 0.458. The molecule has 0 fully saturated rings. The third-order valence-corrected chi connectivity index (χ3v) is 3.86. The Kier molecular flexibility index (Phi) is 2.84. The first-order valence-electron chi connectivity index (χ1n) is 3.60. The molecule has 14 heavy (non-hydrogen) atoms. The molecule has 0 spiro atoms. The molecule has 2 aromatic rings. The SMILES string of the molecule is Clc1ccc2sc(C(Cl)(Cl)Cl)nc2c1. The Balaban J connectivity index is 2.63. The molecule has 0 atom stereocenters. The molecule has 1 aromatic heterocycles. The van der Waals surface area contributed by atoms with Crippen molar-refractivity contribution in [2.45, 2.75) is 3.79 Å². The molecule has 0 N–H and O–H groups in total. The zero-order valence-corrected chi connectivity index (χ0v) is 10.4. The van der Waals surface area contributed by atoms with Gasteiger partial charge in [-0.05, 0) is 18.2 Å². The van der Waals surface area contributed by atoms with E-state index in [1.165, 1.54) is 11.3 Å². The number of fused-ring (bicyclic) bond motifs is 1. The lowest BCUT2D eigenvalue weighted by Crippen LogP contribution is -1.97. The van der Waals surface area contributed by atoms with Gasteiger partial charge in [0.15, 0.2) is 0 Å². The van der Waals surface area contributed by atoms with E-state index in [1.54, 1.807) is 12.1 Å². The molecule has 1 heterocycles. The number of halogens is 4. The van der Waals surface area contributed by atoms with Crippen LogP contribution in [-0.2, 0) is 3.79 Å². The number of benzene rings is 1. The molecule has 1 nitrogen and oxygen atoms in total. The number of nitrogens with zero attached hydrogens (tertiary/aromatic N) is 1. The molecular weight excluding hydrogens is 284 g/mol. The van der Waals surface area contributed by atoms with Gasteiger partial charge in [-0.2, -0.15) is 0 Å². The second kappa shape index (κ2) is 3.69. The molecule has 6 heteroatoms. The van der Waals surface area contributed by atoms with Crippen LogP contribution < -0.4 is 0 Å². The van der Waals surface area contributed by atoms with Crippen molar-refractivity contribution in [1.29, 1.82) is 0 Å². The summed E-state index contributed by atoms with van der Waals surface area (Å²) in [6.07, 6.45) is 0. The highest BCUT2D eigenvalue weighted by Crippen LogP contribution is 2.42. The van der Waals surface area contributed by atoms with Gasteiger partial charge in [0.1, 0.15) is 5.01 Å². The van der Waals surface area contributed by atoms with E-state index in [0.29, 0.717) is 10.0 Å². The summed E-state index contributed by atoms with van der Waals surface area (Å²) in [4.78, 5) is 4.18. The van der Waals surface area contributed by atoms with E-state index in [2.05, 4.69) is 4.98 Å². The molecule has 0 amide bonds. The molecule has 0 aliphatic carbocycles. The Morgan fingerprint density at radius 1 is 1.21 bits per heavy atom. The first-order chi connectivity index (χ1) is 6.47. The average molecular weight is 287 g/mol. The summed E-state index contributed by atoms with van der Waals surface area (Å²) in [5.41, 5.74) is 0.754. The van der Waals surface area contributed by atoms with Crippen LogP contribution in [0.2, 0.25) is 5.02 Å². The van der Waals surface area contributed by atoms with Gasteiger partial charge in [-0.3, -0.25) is 0 Å². The van der Waals surface area contributed by atoms with Crippen molar-refractivity contribution in [3.63, 3.8) is 0 Å². The lowest BCUT2D eigenvalue weighted by Gasteiger charge is -2.03. The van der Waals surface area contributed by atoms with Crippen molar-refractivity contribution >= 4 is 68.0 Å². The van der Waals surface area contributed by atoms with Crippen molar-refractivity contribution < 1.29 is 0 Å². The summed E-state index contributed by atoms with van der Waals surface area (Å²) in [5.74, 6) is 0. The van der Waals surface area contributed by atoms with Gasteiger partial charge in [0.25, 0.3) is 0 Å². The normalized spacial score (nSPS) is 12.3. The molecule has 0 bridgehead atoms. The first-order valence-corrected chi connectivity index (χ1v) is 5.93. The topological polar surface area (TPSA) is 12.9 Å². The minimum atomic E-state index is -1.46. The van der Waals surface area contributed by atoms with Crippen molar-refractivity contribution in [3.05, 3.63) is 28.2 Å². The minimum Gasteiger partial charge on any atom is -0.237 e. The van der Waals surface area contributed by atoms with Crippen molar-refractivity contribution in [1.82, 2.24) is 4.98 Å². The number of alkyl halides is 3. The molecule has 0 aliphatic rings. The van der Waals surface area contributed by atoms with Gasteiger partial charge in [-0.25, -0.2) is 4.98 Å². The maximum atomic E-state index is 5.81. The number of aromatic nitrogens is 1. The summed E-state index contributed by atoms with van der Waals surface area (Å²) in [6, 6.07) is 5.38. The van der Waals surface area contributed by atoms with Crippen LogP contribution in [0.4, 0.5) is 0 Å². The van der Waals surface area contributed by atoms with Crippen molar-refractivity contribution in [3.8, 4) is 0 Å². The molecule has 74 valence electrons. The van der Waals surface area contributed by atoms with Gasteiger partial charge in [-0.1, -0.05) is 46.4 Å². The van der Waals surface area contributed by atoms with E-state index in [4.69, 9.17) is 46.4 Å². The smallest absolute Gasteiger partial charge is 0.237 e. The molecule has 0 unspecified atom stereocenters. The van der Waals surface area contributed by atoms with Gasteiger partial charge >= 0.3 is 0 Å². The Hall–Kier alpha value is 0.270. The van der Waals surface area contributed by atoms with E-state index in [9.17, 15) is 0 Å². The Labute approximate surface area is 105 Å². The Morgan fingerprint density at radius 2 is 1.93 bits per heavy atom. The fourth-order valence-corrected chi connectivity index (χ4v) is 2.48. The molecule has 2 rings (SSSR count). The van der Waals surface area contributed by atoms with Gasteiger partial charge in [0, 0.05) is 5.02 Å². The number of rotatable bonds is 0. The zero-order valence-electron chi connectivity index (χ0n) is 6.60. The van der Waals surface area contributed by atoms with E-state index in [0.717, 1.165) is 10.2 Å². The molecule has 0 saturated heterocycles. The van der Waals surface area contributed by atoms with Gasteiger partial charge in [-0.15, -0.1) is 11.3 Å². The Bertz CT molecular complexity index is 474. The van der Waals surface area contributed by atoms with Crippen molar-refractivity contribution in [2.75, 3.05) is 0 Å². The summed E-state index contributed by atoms with van der Waals surface area (Å²) in [5, 5.41) is 1.08. The third kappa shape index (κ3) is 2.10. The van der Waals surface area contributed by atoms with Crippen LogP contribution in [0, 0.1) is 0 Å². The maximum absolute atomic E-state index is 5.81. The molecule has 0 radical (unpaired) electrons. The van der Waals surface area contributed by atoms with Crippen LogP contribution in [0.5, 0.6) is 0 Å². The van der Waals surface area contributed by atoms with Crippen LogP contribution in [-0.4, -0.2) is 4.98 Å². The van der Waals surface area contributed by atoms with Gasteiger partial charge in [0.2, 0.25) is 3.79 Å². The highest BCUT2D eigenvalue weighted by atomic mass is 35.6. The highest BCUT2D eigenvalue weighted by Gasteiger charge is 2.27. The van der Waals surface area contributed by atoms with E-state index < -0.39 is 3.79 Å². The van der Waals surface area contributed by atoms with Gasteiger partial charge < -0.3 is 0 Å². The van der Waals surface area contributed by atoms with E-state index in [1.807, 2.05) is 6.07 Å². The maximum Gasteiger partial charge on any atom is 0.242 e. The summed E-state index contributed by atoms with van der Waals surface area (Å²) < 4.78 is -0.508. The standard InChI is InChI=1S/C8H3Cl4NS/c9-4-1-2-6-5(3-4)13-7(14-6)8(10,11)12/h1-3H. The second-order valence-electron chi connectivity index (χ2n) is 2.63. The highest BCUT2D eigenvalue weighted by molar-refractivity contribution is 7.19. The number of hydrogen-bond acceptors (Lipinski definition) is 2. The van der Waals surface area contributed by atoms with Crippen LogP contribution in [0.3, 0.4) is 0 Å². The van der Waals surface area contributed by atoms with Crippen LogP contribution in [0.25, 0.3) is 10.2 Å². The van der Waals surface area contributed by atoms with Crippen molar-refractivity contribution in [2.24, 2.45) is 0 Å². The Morgan fingerprint density at radius 3 is 2.57 bits per heavy atom. The zero-order chi connectivity index (χ0) is 10.3. The van der Waals surface area contributed by atoms with E-state index >= 15 is 0 Å². The molecule has 0 saturated carbocycles. The number of thiazole rings is 1. The molecular formula is C8H3Cl4NS. The predicted molar refractivity (Wildman–Crippen MR) is 63.9 cm³/mol. The lowest BCUT2D eigenvalue weighted by atomic mass is 10.3. The number of hydrogen-bond donors (Lipinski definition) is 0. The summed E-state index contributed by atoms with van der Waals surface area (Å²) >= 11 is 24.3. The quantitative estimate of drug-likeness (QED) is 0.635. The molecule has 1 aromatic carbocycles. The lowest BCUT2D eigenvalue weighted by molar-refractivity contribution is 1.19. The fourth-order valence-electron chi connectivity index (χ4n) is 1.02. The first kappa shape index (κ1) is 10.8. The summed E-state index contributed by atoms with van der Waals surface area (Å²) in [6.45, 7) is 0. The average Bonchev–Trinajstić information content (AvgIpc) is 2.45. The van der Waals surface area contributed by atoms with Crippen LogP contribution >= 0.6 is 57.7 Å². The fraction of sp³-hybridized carbons (Fsp3) is 0.125. The van der Waals surface area contributed by atoms with Crippen LogP contribution in [0.1, 0.15) is 5.01 Å². The summed E-state index contributed by atoms with van der Waals surface area (Å²) in [7, 11) is 0. The van der Waals surface area contributed by atoms with E-state index in [-0.39, 0.29) is 0 Å². The molecule has 0 aliphatic heterocycles. The van der Waals surface area contributed by atoms with Crippen LogP contribution in [0.15, 0.2) is 18.2 Å². The van der Waals surface area contributed by atoms with Gasteiger partial charge in [0.05, 0.1) is 10.2 Å². The predicted octanol–water partition coefficient (Wildman–Crippen LogP) is 4.78. The second-order valence-corrected chi connectivity index (χ2v) is 6.38. The monoisotopic (exact) mass is 285 g/mol. The third-order valence-electron chi connectivity index (χ3n) is 1.59. The largest absolute Gasteiger partial charge is 0.242 e.